The van der Waals surface area contributed by atoms with Crippen LogP contribution in [0.25, 0.3) is 0 Å². The molecule has 1 aliphatic rings. The van der Waals surface area contributed by atoms with Crippen molar-refractivity contribution >= 4 is 20.5 Å². The molecule has 37 heavy (non-hydrogen) atoms. The summed E-state index contributed by atoms with van der Waals surface area (Å²) in [6, 6.07) is 8.78. The average molecular weight is 535 g/mol. The van der Waals surface area contributed by atoms with Crippen molar-refractivity contribution < 1.29 is 23.9 Å². The number of carbonyl (C=O) groups is 2. The van der Waals surface area contributed by atoms with Gasteiger partial charge in [-0.3, -0.25) is 0 Å². The molecule has 2 atom stereocenters. The summed E-state index contributed by atoms with van der Waals surface area (Å²) in [7, 11) is -0.107. The van der Waals surface area contributed by atoms with Crippen LogP contribution in [0.15, 0.2) is 30.3 Å². The topological polar surface area (TPSA) is 88.1 Å². The van der Waals surface area contributed by atoms with E-state index in [2.05, 4.69) is 39.2 Å². The van der Waals surface area contributed by atoms with Crippen LogP contribution in [0.4, 0.5) is 9.59 Å². The maximum absolute atomic E-state index is 13.1. The van der Waals surface area contributed by atoms with Gasteiger partial charge in [-0.05, 0) is 67.1 Å². The normalized spacial score (nSPS) is 20.6. The van der Waals surface area contributed by atoms with Crippen molar-refractivity contribution in [2.75, 3.05) is 7.05 Å². The fourth-order valence-electron chi connectivity index (χ4n) is 5.25. The van der Waals surface area contributed by atoms with Gasteiger partial charge in [0, 0.05) is 13.2 Å². The molecular formula is C29H50N2O5Si. The maximum atomic E-state index is 13.1. The minimum atomic E-state index is -1.82. The summed E-state index contributed by atoms with van der Waals surface area (Å²) >= 11 is 0. The van der Waals surface area contributed by atoms with Crippen LogP contribution in [-0.4, -0.2) is 55.7 Å². The number of nitrogens with one attached hydrogen (secondary N) is 1. The second-order valence-corrected chi connectivity index (χ2v) is 18.0. The zero-order valence-corrected chi connectivity index (χ0v) is 25.5. The van der Waals surface area contributed by atoms with Crippen molar-refractivity contribution in [3.05, 3.63) is 35.9 Å². The Kier molecular flexibility index (Phi) is 10.7. The first-order valence-corrected chi connectivity index (χ1v) is 16.5. The molecule has 1 saturated carbocycles. The molecule has 0 bridgehead atoms. The van der Waals surface area contributed by atoms with Crippen LogP contribution in [0.1, 0.15) is 79.2 Å². The molecule has 210 valence electrons. The monoisotopic (exact) mass is 534 g/mol. The zero-order chi connectivity index (χ0) is 28.0. The fraction of sp³-hybridized carbons (Fsp3) is 0.724. The van der Waals surface area contributed by atoms with E-state index in [-0.39, 0.29) is 29.2 Å². The molecule has 2 amide bonds. The average Bonchev–Trinajstić information content (AvgIpc) is 2.77. The Labute approximate surface area is 225 Å². The lowest BCUT2D eigenvalue weighted by Crippen LogP contribution is -2.58. The van der Waals surface area contributed by atoms with Gasteiger partial charge in [-0.15, -0.1) is 0 Å². The van der Waals surface area contributed by atoms with Crippen molar-refractivity contribution in [3.63, 3.8) is 0 Å². The number of amides is 2. The third-order valence-corrected chi connectivity index (χ3v) is 12.7. The molecule has 1 aromatic carbocycles. The first-order valence-electron chi connectivity index (χ1n) is 13.6. The minimum Gasteiger partial charge on any atom is -0.465 e. The molecule has 0 saturated heterocycles. The first-order chi connectivity index (χ1) is 17.0. The molecule has 0 spiro atoms. The van der Waals surface area contributed by atoms with Gasteiger partial charge in [0.1, 0.15) is 6.61 Å². The van der Waals surface area contributed by atoms with Crippen molar-refractivity contribution in [2.45, 2.75) is 117 Å². The Balaban J connectivity index is 2.09. The molecule has 0 aromatic heterocycles. The number of nitrogens with zero attached hydrogens (tertiary/aromatic N) is 1. The van der Waals surface area contributed by atoms with Gasteiger partial charge < -0.3 is 24.5 Å². The third-order valence-electron chi connectivity index (χ3n) is 8.14. The summed E-state index contributed by atoms with van der Waals surface area (Å²) in [6.45, 7) is 17.7. The summed E-state index contributed by atoms with van der Waals surface area (Å²) in [4.78, 5) is 26.5. The van der Waals surface area contributed by atoms with E-state index >= 15 is 0 Å². The van der Waals surface area contributed by atoms with Gasteiger partial charge >= 0.3 is 12.2 Å². The van der Waals surface area contributed by atoms with Crippen molar-refractivity contribution in [2.24, 2.45) is 11.3 Å². The smallest absolute Gasteiger partial charge is 0.410 e. The van der Waals surface area contributed by atoms with Crippen molar-refractivity contribution in [1.82, 2.24) is 10.2 Å². The number of rotatable bonds is 9. The van der Waals surface area contributed by atoms with E-state index in [0.29, 0.717) is 12.3 Å². The van der Waals surface area contributed by atoms with Crippen LogP contribution >= 0.6 is 0 Å². The van der Waals surface area contributed by atoms with Gasteiger partial charge in [0.15, 0.2) is 8.32 Å². The molecule has 1 aliphatic carbocycles. The second-order valence-electron chi connectivity index (χ2n) is 13.3. The summed E-state index contributed by atoms with van der Waals surface area (Å²) in [5, 5.41) is 12.6. The maximum Gasteiger partial charge on any atom is 0.410 e. The Bertz CT molecular complexity index is 871. The highest BCUT2D eigenvalue weighted by Crippen LogP contribution is 2.40. The highest BCUT2D eigenvalue weighted by atomic mass is 28.4. The van der Waals surface area contributed by atoms with E-state index in [1.807, 2.05) is 51.1 Å². The number of likely N-dealkylation sites (N-methyl/N-ethyl adjacent to an activating group) is 1. The SMILES string of the molecule is CN(C(=O)OCc1ccccc1)[C@@H](C(CC1CCC(O[Si](C)(C)C(C)(C)C)CC1)NC(=O)O)C(C)(C)C. The van der Waals surface area contributed by atoms with Crippen LogP contribution in [-0.2, 0) is 15.8 Å². The molecule has 8 heteroatoms. The van der Waals surface area contributed by atoms with Gasteiger partial charge in [-0.25, -0.2) is 9.59 Å². The van der Waals surface area contributed by atoms with Crippen LogP contribution < -0.4 is 5.32 Å². The number of carboxylic acid groups (broad SMARTS) is 1. The Morgan fingerprint density at radius 2 is 1.62 bits per heavy atom. The van der Waals surface area contributed by atoms with Gasteiger partial charge in [-0.2, -0.15) is 0 Å². The molecule has 2 rings (SSSR count). The van der Waals surface area contributed by atoms with E-state index in [4.69, 9.17) is 9.16 Å². The first kappa shape index (κ1) is 31.2. The van der Waals surface area contributed by atoms with Crippen LogP contribution in [0, 0.1) is 11.3 Å². The predicted molar refractivity (Wildman–Crippen MR) is 151 cm³/mol. The predicted octanol–water partition coefficient (Wildman–Crippen LogP) is 7.28. The lowest BCUT2D eigenvalue weighted by molar-refractivity contribution is 0.0416. The largest absolute Gasteiger partial charge is 0.465 e. The second kappa shape index (κ2) is 12.7. The fourth-order valence-corrected chi connectivity index (χ4v) is 6.68. The number of hydrogen-bond acceptors (Lipinski definition) is 4. The van der Waals surface area contributed by atoms with E-state index in [0.717, 1.165) is 31.2 Å². The van der Waals surface area contributed by atoms with Crippen molar-refractivity contribution in [3.8, 4) is 0 Å². The minimum absolute atomic E-state index is 0.177. The molecule has 1 aromatic rings. The van der Waals surface area contributed by atoms with Gasteiger partial charge in [0.2, 0.25) is 0 Å². The summed E-state index contributed by atoms with van der Waals surface area (Å²) in [6.07, 6.45) is 3.41. The van der Waals surface area contributed by atoms with Crippen molar-refractivity contribution in [1.29, 1.82) is 0 Å². The Morgan fingerprint density at radius 3 is 2.11 bits per heavy atom. The summed E-state index contributed by atoms with van der Waals surface area (Å²) in [5.41, 5.74) is 0.546. The number of ether oxygens (including phenoxy) is 1. The number of hydrogen-bond donors (Lipinski definition) is 2. The molecule has 1 unspecified atom stereocenters. The highest BCUT2D eigenvalue weighted by Gasteiger charge is 2.42. The molecule has 0 aliphatic heterocycles. The molecular weight excluding hydrogens is 484 g/mol. The van der Waals surface area contributed by atoms with Crippen LogP contribution in [0.2, 0.25) is 18.1 Å². The standard InChI is InChI=1S/C29H50N2O5Si/c1-28(2,3)25(31(7)27(34)35-20-22-13-11-10-12-14-22)24(30-26(32)33)19-21-15-17-23(18-16-21)36-37(8,9)29(4,5)6/h10-14,21,23-25,30H,15-20H2,1-9H3,(H,32,33)/t21?,23?,24?,25-/m0/s1. The molecule has 0 radical (unpaired) electrons. The van der Waals surface area contributed by atoms with E-state index in [1.54, 1.807) is 11.9 Å². The Morgan fingerprint density at radius 1 is 1.05 bits per heavy atom. The van der Waals surface area contributed by atoms with E-state index in [1.165, 1.54) is 0 Å². The van der Waals surface area contributed by atoms with Gasteiger partial charge in [0.25, 0.3) is 0 Å². The van der Waals surface area contributed by atoms with E-state index < -0.39 is 26.5 Å². The highest BCUT2D eigenvalue weighted by molar-refractivity contribution is 6.74. The lowest BCUT2D eigenvalue weighted by Gasteiger charge is -2.44. The quantitative estimate of drug-likeness (QED) is 0.325. The number of carbonyl (C=O) groups excluding carboxylic acids is 1. The summed E-state index contributed by atoms with van der Waals surface area (Å²) < 4.78 is 12.3. The zero-order valence-electron chi connectivity index (χ0n) is 24.5. The lowest BCUT2D eigenvalue weighted by atomic mass is 9.75. The molecule has 1 fully saturated rings. The molecule has 2 N–H and O–H groups in total. The van der Waals surface area contributed by atoms with Crippen LogP contribution in [0.3, 0.4) is 0 Å². The molecule has 0 heterocycles. The third kappa shape index (κ3) is 9.32. The van der Waals surface area contributed by atoms with Gasteiger partial charge in [0.05, 0.1) is 12.1 Å². The Hall–Kier alpha value is -2.06. The molecule has 7 nitrogen and oxygen atoms in total. The van der Waals surface area contributed by atoms with Crippen LogP contribution in [0.5, 0.6) is 0 Å². The van der Waals surface area contributed by atoms with E-state index in [9.17, 15) is 14.7 Å². The number of benzene rings is 1. The van der Waals surface area contributed by atoms with Gasteiger partial charge in [-0.1, -0.05) is 71.9 Å². The summed E-state index contributed by atoms with van der Waals surface area (Å²) in [5.74, 6) is 0.370.